The number of rotatable bonds is 8. The van der Waals surface area contributed by atoms with E-state index >= 15 is 0 Å². The molecule has 1 N–H and O–H groups in total. The van der Waals surface area contributed by atoms with Crippen LogP contribution < -0.4 is 10.2 Å². The highest BCUT2D eigenvalue weighted by Gasteiger charge is 2.10. The Labute approximate surface area is 124 Å². The molecule has 0 bridgehead atoms. The van der Waals surface area contributed by atoms with Crippen molar-refractivity contribution < 1.29 is 0 Å². The van der Waals surface area contributed by atoms with E-state index in [1.54, 1.807) is 0 Å². The zero-order valence-electron chi connectivity index (χ0n) is 13.9. The zero-order chi connectivity index (χ0) is 15.0. The molecular formula is C17H31N3. The fraction of sp³-hybridized carbons (Fsp3) is 0.706. The van der Waals surface area contributed by atoms with Crippen molar-refractivity contribution in [2.24, 2.45) is 5.41 Å². The predicted octanol–water partition coefficient (Wildman–Crippen LogP) is 4.56. The highest BCUT2D eigenvalue weighted by Crippen LogP contribution is 2.22. The smallest absolute Gasteiger partial charge is 0.125 e. The second kappa shape index (κ2) is 8.13. The van der Waals surface area contributed by atoms with Gasteiger partial charge in [-0.2, -0.15) is 0 Å². The normalized spacial score (nSPS) is 11.4. The Morgan fingerprint density at radius 3 is 2.40 bits per heavy atom. The van der Waals surface area contributed by atoms with Gasteiger partial charge in [-0.25, -0.2) is 4.98 Å². The molecule has 20 heavy (non-hydrogen) atoms. The third-order valence-corrected chi connectivity index (χ3v) is 3.47. The molecule has 3 heteroatoms. The molecule has 1 heterocycles. The van der Waals surface area contributed by atoms with Crippen molar-refractivity contribution in [1.82, 2.24) is 4.98 Å². The average molecular weight is 277 g/mol. The van der Waals surface area contributed by atoms with E-state index in [0.29, 0.717) is 5.41 Å². The lowest BCUT2D eigenvalue weighted by atomic mass is 9.90. The third kappa shape index (κ3) is 6.27. The first kappa shape index (κ1) is 16.8. The molecule has 114 valence electrons. The van der Waals surface area contributed by atoms with Crippen molar-refractivity contribution in [3.8, 4) is 0 Å². The van der Waals surface area contributed by atoms with Crippen molar-refractivity contribution in [2.45, 2.75) is 53.4 Å². The number of hydrogen-bond acceptors (Lipinski definition) is 3. The average Bonchev–Trinajstić information content (AvgIpc) is 2.41. The molecule has 0 amide bonds. The van der Waals surface area contributed by atoms with Crippen LogP contribution in [-0.2, 0) is 0 Å². The maximum Gasteiger partial charge on any atom is 0.125 e. The van der Waals surface area contributed by atoms with Gasteiger partial charge in [0.25, 0.3) is 0 Å². The van der Waals surface area contributed by atoms with E-state index < -0.39 is 0 Å². The van der Waals surface area contributed by atoms with E-state index in [1.807, 2.05) is 19.3 Å². The van der Waals surface area contributed by atoms with Crippen LogP contribution in [0.2, 0.25) is 0 Å². The summed E-state index contributed by atoms with van der Waals surface area (Å²) >= 11 is 0. The van der Waals surface area contributed by atoms with E-state index in [0.717, 1.165) is 18.9 Å². The van der Waals surface area contributed by atoms with E-state index in [2.05, 4.69) is 49.0 Å². The van der Waals surface area contributed by atoms with Gasteiger partial charge in [0.05, 0.1) is 11.9 Å². The lowest BCUT2D eigenvalue weighted by Crippen LogP contribution is -2.25. The van der Waals surface area contributed by atoms with Crippen LogP contribution >= 0.6 is 0 Å². The standard InChI is InChI=1S/C17H31N3/c1-6-12-20(13-8-7-11-17(2,3)4)15-9-10-16(18-5)19-14-15/h9-10,14H,6-8,11-13H2,1-5H3,(H,18,19). The summed E-state index contributed by atoms with van der Waals surface area (Å²) in [4.78, 5) is 6.87. The van der Waals surface area contributed by atoms with Gasteiger partial charge in [0, 0.05) is 20.1 Å². The van der Waals surface area contributed by atoms with Crippen molar-refractivity contribution >= 4 is 11.5 Å². The molecule has 0 aliphatic carbocycles. The van der Waals surface area contributed by atoms with E-state index in [-0.39, 0.29) is 0 Å². The molecular weight excluding hydrogens is 246 g/mol. The summed E-state index contributed by atoms with van der Waals surface area (Å²) in [6.07, 6.45) is 7.00. The van der Waals surface area contributed by atoms with Crippen molar-refractivity contribution in [3.63, 3.8) is 0 Å². The molecule has 0 spiro atoms. The molecule has 1 rings (SSSR count). The van der Waals surface area contributed by atoms with Gasteiger partial charge < -0.3 is 10.2 Å². The summed E-state index contributed by atoms with van der Waals surface area (Å²) < 4.78 is 0. The maximum absolute atomic E-state index is 4.42. The molecule has 0 saturated carbocycles. The molecule has 0 unspecified atom stereocenters. The first-order valence-electron chi connectivity index (χ1n) is 7.85. The van der Waals surface area contributed by atoms with Gasteiger partial charge in [-0.15, -0.1) is 0 Å². The minimum absolute atomic E-state index is 0.450. The monoisotopic (exact) mass is 277 g/mol. The lowest BCUT2D eigenvalue weighted by Gasteiger charge is -2.25. The fourth-order valence-electron chi connectivity index (χ4n) is 2.32. The van der Waals surface area contributed by atoms with Crippen molar-refractivity contribution in [2.75, 3.05) is 30.4 Å². The van der Waals surface area contributed by atoms with Crippen LogP contribution in [0.1, 0.15) is 53.4 Å². The molecule has 0 aromatic carbocycles. The van der Waals surface area contributed by atoms with Crippen LogP contribution in [0.4, 0.5) is 11.5 Å². The maximum atomic E-state index is 4.42. The van der Waals surface area contributed by atoms with Crippen LogP contribution in [0.3, 0.4) is 0 Å². The number of hydrogen-bond donors (Lipinski definition) is 1. The van der Waals surface area contributed by atoms with E-state index in [4.69, 9.17) is 0 Å². The van der Waals surface area contributed by atoms with Crippen LogP contribution in [0, 0.1) is 5.41 Å². The number of unbranched alkanes of at least 4 members (excludes halogenated alkanes) is 1. The first-order valence-corrected chi connectivity index (χ1v) is 7.85. The quantitative estimate of drug-likeness (QED) is 0.706. The van der Waals surface area contributed by atoms with Crippen LogP contribution in [-0.4, -0.2) is 25.1 Å². The Bertz CT molecular complexity index is 365. The van der Waals surface area contributed by atoms with Crippen LogP contribution in [0.5, 0.6) is 0 Å². The van der Waals surface area contributed by atoms with E-state index in [1.165, 1.54) is 31.4 Å². The number of pyridine rings is 1. The molecule has 3 nitrogen and oxygen atoms in total. The highest BCUT2D eigenvalue weighted by molar-refractivity contribution is 5.49. The Kier molecular flexibility index (Phi) is 6.83. The Morgan fingerprint density at radius 2 is 1.90 bits per heavy atom. The summed E-state index contributed by atoms with van der Waals surface area (Å²) in [6.45, 7) is 11.4. The molecule has 0 aliphatic rings. The molecule has 0 saturated heterocycles. The van der Waals surface area contributed by atoms with Gasteiger partial charge in [-0.05, 0) is 36.8 Å². The minimum Gasteiger partial charge on any atom is -0.373 e. The Hall–Kier alpha value is -1.25. The van der Waals surface area contributed by atoms with Gasteiger partial charge in [0.1, 0.15) is 5.82 Å². The molecule has 0 atom stereocenters. The van der Waals surface area contributed by atoms with Gasteiger partial charge in [0.15, 0.2) is 0 Å². The number of nitrogens with one attached hydrogen (secondary N) is 1. The fourth-order valence-corrected chi connectivity index (χ4v) is 2.32. The summed E-state index contributed by atoms with van der Waals surface area (Å²) in [7, 11) is 1.90. The Morgan fingerprint density at radius 1 is 1.15 bits per heavy atom. The van der Waals surface area contributed by atoms with Gasteiger partial charge in [-0.1, -0.05) is 34.1 Å². The third-order valence-electron chi connectivity index (χ3n) is 3.47. The van der Waals surface area contributed by atoms with Crippen LogP contribution in [0.15, 0.2) is 18.3 Å². The molecule has 0 radical (unpaired) electrons. The van der Waals surface area contributed by atoms with Crippen LogP contribution in [0.25, 0.3) is 0 Å². The van der Waals surface area contributed by atoms with Gasteiger partial charge in [-0.3, -0.25) is 0 Å². The highest BCUT2D eigenvalue weighted by atomic mass is 15.1. The summed E-state index contributed by atoms with van der Waals surface area (Å²) in [5.41, 5.74) is 1.69. The lowest BCUT2D eigenvalue weighted by molar-refractivity contribution is 0.360. The summed E-state index contributed by atoms with van der Waals surface area (Å²) in [5, 5.41) is 3.06. The van der Waals surface area contributed by atoms with Gasteiger partial charge >= 0.3 is 0 Å². The van der Waals surface area contributed by atoms with Crippen molar-refractivity contribution in [3.05, 3.63) is 18.3 Å². The molecule has 1 aromatic heterocycles. The van der Waals surface area contributed by atoms with E-state index in [9.17, 15) is 0 Å². The summed E-state index contributed by atoms with van der Waals surface area (Å²) in [5.74, 6) is 0.929. The first-order chi connectivity index (χ1) is 9.46. The predicted molar refractivity (Wildman–Crippen MR) is 89.6 cm³/mol. The second-order valence-corrected chi connectivity index (χ2v) is 6.66. The topological polar surface area (TPSA) is 28.2 Å². The number of anilines is 2. The molecule has 0 aliphatic heterocycles. The number of nitrogens with zero attached hydrogens (tertiary/aromatic N) is 2. The van der Waals surface area contributed by atoms with Crippen molar-refractivity contribution in [1.29, 1.82) is 0 Å². The SMILES string of the molecule is CCCN(CCCCC(C)(C)C)c1ccc(NC)nc1. The Balaban J connectivity index is 2.50. The second-order valence-electron chi connectivity index (χ2n) is 6.66. The summed E-state index contributed by atoms with van der Waals surface area (Å²) in [6, 6.07) is 4.21. The zero-order valence-corrected chi connectivity index (χ0v) is 13.9. The molecule has 1 aromatic rings. The number of aromatic nitrogens is 1. The molecule has 0 fully saturated rings. The largest absolute Gasteiger partial charge is 0.373 e. The minimum atomic E-state index is 0.450. The van der Waals surface area contributed by atoms with Gasteiger partial charge in [0.2, 0.25) is 0 Å².